The largest absolute Gasteiger partial charge is 0.491 e. The number of rotatable bonds is 6. The van der Waals surface area contributed by atoms with Crippen LogP contribution in [0.15, 0.2) is 48.7 Å². The summed E-state index contributed by atoms with van der Waals surface area (Å²) in [6.07, 6.45) is 3.14. The van der Waals surface area contributed by atoms with Crippen molar-refractivity contribution in [1.82, 2.24) is 24.5 Å². The lowest BCUT2D eigenvalue weighted by atomic mass is 10.1. The summed E-state index contributed by atoms with van der Waals surface area (Å²) in [6, 6.07) is 14.4. The molecule has 0 saturated carbocycles. The molecule has 1 aliphatic heterocycles. The zero-order valence-electron chi connectivity index (χ0n) is 19.3. The van der Waals surface area contributed by atoms with Gasteiger partial charge in [0.1, 0.15) is 18.1 Å². The SMILES string of the molecule is C[C@@H](c1ccc2nnc(-c3ccc4ccc(OCC(C)(C)O)cc4n3)n2c1)N1CC[C@H](N)C1. The van der Waals surface area contributed by atoms with Gasteiger partial charge >= 0.3 is 0 Å². The first kappa shape index (κ1) is 21.8. The lowest BCUT2D eigenvalue weighted by molar-refractivity contribution is 0.0285. The summed E-state index contributed by atoms with van der Waals surface area (Å²) in [5.41, 5.74) is 8.73. The third kappa shape index (κ3) is 4.55. The number of benzene rings is 1. The highest BCUT2D eigenvalue weighted by Gasteiger charge is 2.25. The van der Waals surface area contributed by atoms with Crippen LogP contribution in [-0.2, 0) is 0 Å². The smallest absolute Gasteiger partial charge is 0.187 e. The van der Waals surface area contributed by atoms with E-state index in [1.165, 1.54) is 5.56 Å². The van der Waals surface area contributed by atoms with Gasteiger partial charge < -0.3 is 15.6 Å². The Morgan fingerprint density at radius 1 is 1.18 bits per heavy atom. The van der Waals surface area contributed by atoms with Crippen LogP contribution in [0.1, 0.15) is 38.8 Å². The Bertz CT molecular complexity index is 1300. The second-order valence-corrected chi connectivity index (χ2v) is 9.59. The van der Waals surface area contributed by atoms with Gasteiger partial charge in [-0.05, 0) is 57.0 Å². The van der Waals surface area contributed by atoms with Gasteiger partial charge in [0, 0.05) is 42.8 Å². The number of nitrogens with zero attached hydrogens (tertiary/aromatic N) is 5. The average molecular weight is 447 g/mol. The number of pyridine rings is 2. The van der Waals surface area contributed by atoms with Crippen LogP contribution in [0, 0.1) is 0 Å². The maximum atomic E-state index is 9.94. The molecule has 5 rings (SSSR count). The number of fused-ring (bicyclic) bond motifs is 2. The molecule has 0 radical (unpaired) electrons. The van der Waals surface area contributed by atoms with Crippen LogP contribution in [0.5, 0.6) is 5.75 Å². The Labute approximate surface area is 193 Å². The topological polar surface area (TPSA) is 102 Å². The molecule has 1 aliphatic rings. The zero-order valence-corrected chi connectivity index (χ0v) is 19.3. The summed E-state index contributed by atoms with van der Waals surface area (Å²) < 4.78 is 7.75. The van der Waals surface area contributed by atoms with E-state index in [0.29, 0.717) is 11.6 Å². The van der Waals surface area contributed by atoms with Crippen LogP contribution in [0.4, 0.5) is 0 Å². The number of aromatic nitrogens is 4. The van der Waals surface area contributed by atoms with E-state index in [1.807, 2.05) is 40.8 Å². The molecule has 3 aromatic heterocycles. The standard InChI is InChI=1S/C25H30N6O2/c1-16(30-11-10-19(26)14-30)18-6-9-23-28-29-24(31(23)13-18)21-8-5-17-4-7-20(12-22(17)27-21)33-15-25(2,3)32/h4-9,12-13,16,19,32H,10-11,14-15,26H2,1-3H3/t16-,19-/m0/s1. The van der Waals surface area contributed by atoms with Crippen molar-refractivity contribution in [3.63, 3.8) is 0 Å². The van der Waals surface area contributed by atoms with Crippen LogP contribution in [0.3, 0.4) is 0 Å². The van der Waals surface area contributed by atoms with Crippen LogP contribution < -0.4 is 10.5 Å². The van der Waals surface area contributed by atoms with Gasteiger partial charge in [-0.25, -0.2) is 4.98 Å². The van der Waals surface area contributed by atoms with Gasteiger partial charge in [-0.2, -0.15) is 0 Å². The molecular formula is C25H30N6O2. The van der Waals surface area contributed by atoms with Crippen LogP contribution in [0.25, 0.3) is 28.1 Å². The number of ether oxygens (including phenoxy) is 1. The number of likely N-dealkylation sites (tertiary alicyclic amines) is 1. The van der Waals surface area contributed by atoms with Crippen molar-refractivity contribution >= 4 is 16.6 Å². The molecule has 8 nitrogen and oxygen atoms in total. The second-order valence-electron chi connectivity index (χ2n) is 9.59. The quantitative estimate of drug-likeness (QED) is 0.469. The van der Waals surface area contributed by atoms with Crippen molar-refractivity contribution in [3.8, 4) is 17.3 Å². The Balaban J connectivity index is 1.48. The van der Waals surface area contributed by atoms with Gasteiger partial charge in [0.25, 0.3) is 0 Å². The van der Waals surface area contributed by atoms with E-state index in [4.69, 9.17) is 15.5 Å². The van der Waals surface area contributed by atoms with Gasteiger partial charge in [-0.15, -0.1) is 10.2 Å². The van der Waals surface area contributed by atoms with Gasteiger partial charge in [0.2, 0.25) is 0 Å². The summed E-state index contributed by atoms with van der Waals surface area (Å²) in [5, 5.41) is 19.7. The fraction of sp³-hybridized carbons (Fsp3) is 0.400. The fourth-order valence-corrected chi connectivity index (χ4v) is 4.28. The molecule has 0 spiro atoms. The molecule has 0 unspecified atom stereocenters. The van der Waals surface area contributed by atoms with E-state index in [2.05, 4.69) is 34.3 Å². The molecule has 3 N–H and O–H groups in total. The predicted octanol–water partition coefficient (Wildman–Crippen LogP) is 3.19. The van der Waals surface area contributed by atoms with E-state index < -0.39 is 5.60 Å². The summed E-state index contributed by atoms with van der Waals surface area (Å²) in [4.78, 5) is 7.26. The summed E-state index contributed by atoms with van der Waals surface area (Å²) in [7, 11) is 0. The molecule has 0 amide bonds. The number of nitrogens with two attached hydrogens (primary N) is 1. The van der Waals surface area contributed by atoms with Crippen LogP contribution >= 0.6 is 0 Å². The van der Waals surface area contributed by atoms with Crippen molar-refractivity contribution in [2.24, 2.45) is 5.73 Å². The highest BCUT2D eigenvalue weighted by Crippen LogP contribution is 2.27. The van der Waals surface area contributed by atoms with Crippen molar-refractivity contribution in [2.75, 3.05) is 19.7 Å². The lowest BCUT2D eigenvalue weighted by Crippen LogP contribution is -2.28. The van der Waals surface area contributed by atoms with Crippen molar-refractivity contribution in [1.29, 1.82) is 0 Å². The van der Waals surface area contributed by atoms with Gasteiger partial charge in [-0.1, -0.05) is 12.1 Å². The minimum absolute atomic E-state index is 0.204. The maximum absolute atomic E-state index is 9.94. The lowest BCUT2D eigenvalue weighted by Gasteiger charge is -2.24. The molecule has 172 valence electrons. The number of hydrogen-bond acceptors (Lipinski definition) is 7. The molecule has 4 heterocycles. The summed E-state index contributed by atoms with van der Waals surface area (Å²) >= 11 is 0. The van der Waals surface area contributed by atoms with Crippen molar-refractivity contribution in [3.05, 3.63) is 54.2 Å². The summed E-state index contributed by atoms with van der Waals surface area (Å²) in [5.74, 6) is 1.36. The highest BCUT2D eigenvalue weighted by atomic mass is 16.5. The van der Waals surface area contributed by atoms with Gasteiger partial charge in [-0.3, -0.25) is 9.30 Å². The van der Waals surface area contributed by atoms with E-state index in [-0.39, 0.29) is 18.7 Å². The third-order valence-electron chi connectivity index (χ3n) is 6.20. The molecule has 1 saturated heterocycles. The molecule has 0 aliphatic carbocycles. The van der Waals surface area contributed by atoms with E-state index >= 15 is 0 Å². The third-order valence-corrected chi connectivity index (χ3v) is 6.20. The first-order valence-corrected chi connectivity index (χ1v) is 11.4. The minimum atomic E-state index is -0.903. The first-order chi connectivity index (χ1) is 15.8. The fourth-order valence-electron chi connectivity index (χ4n) is 4.28. The normalized spacial score (nSPS) is 18.3. The number of aliphatic hydroxyl groups is 1. The predicted molar refractivity (Wildman–Crippen MR) is 128 cm³/mol. The molecule has 33 heavy (non-hydrogen) atoms. The zero-order chi connectivity index (χ0) is 23.2. The molecule has 1 fully saturated rings. The molecule has 4 aromatic rings. The molecule has 2 atom stereocenters. The monoisotopic (exact) mass is 446 g/mol. The highest BCUT2D eigenvalue weighted by molar-refractivity contribution is 5.82. The van der Waals surface area contributed by atoms with Crippen molar-refractivity contribution in [2.45, 2.75) is 44.9 Å². The summed E-state index contributed by atoms with van der Waals surface area (Å²) in [6.45, 7) is 7.78. The van der Waals surface area contributed by atoms with Gasteiger partial charge in [0.15, 0.2) is 11.5 Å². The Morgan fingerprint density at radius 3 is 2.76 bits per heavy atom. The second kappa shape index (κ2) is 8.37. The van der Waals surface area contributed by atoms with E-state index in [9.17, 15) is 5.11 Å². The minimum Gasteiger partial charge on any atom is -0.491 e. The van der Waals surface area contributed by atoms with Crippen LogP contribution in [-0.4, -0.2) is 60.9 Å². The van der Waals surface area contributed by atoms with E-state index in [1.54, 1.807) is 13.8 Å². The molecule has 8 heteroatoms. The Morgan fingerprint density at radius 2 is 2.00 bits per heavy atom. The Kier molecular flexibility index (Phi) is 5.52. The molecular weight excluding hydrogens is 416 g/mol. The number of hydrogen-bond donors (Lipinski definition) is 2. The molecule has 0 bridgehead atoms. The van der Waals surface area contributed by atoms with E-state index in [0.717, 1.165) is 41.8 Å². The van der Waals surface area contributed by atoms with Gasteiger partial charge in [0.05, 0.1) is 11.1 Å². The Hall–Kier alpha value is -3.07. The first-order valence-electron chi connectivity index (χ1n) is 11.4. The average Bonchev–Trinajstić information content (AvgIpc) is 3.42. The van der Waals surface area contributed by atoms with Crippen molar-refractivity contribution < 1.29 is 9.84 Å². The van der Waals surface area contributed by atoms with Crippen LogP contribution in [0.2, 0.25) is 0 Å². The maximum Gasteiger partial charge on any atom is 0.187 e. The molecule has 1 aromatic carbocycles.